The molecule has 0 radical (unpaired) electrons. The summed E-state index contributed by atoms with van der Waals surface area (Å²) < 4.78 is 5.36. The molecule has 0 amide bonds. The van der Waals surface area contributed by atoms with Crippen LogP contribution in [0.2, 0.25) is 0 Å². The number of ether oxygens (including phenoxy) is 1. The van der Waals surface area contributed by atoms with Gasteiger partial charge in [0.2, 0.25) is 0 Å². The van der Waals surface area contributed by atoms with Crippen molar-refractivity contribution < 1.29 is 14.6 Å². The third kappa shape index (κ3) is 4.24. The SMILES string of the molecule is COc1cccc(/C=C2\CCc3cccc(CCc4ccc(C(=O)O)cc4)c32)c1. The van der Waals surface area contributed by atoms with Gasteiger partial charge in [-0.15, -0.1) is 0 Å². The molecule has 3 heteroatoms. The van der Waals surface area contributed by atoms with Gasteiger partial charge in [-0.05, 0) is 83.3 Å². The van der Waals surface area contributed by atoms with Crippen LogP contribution in [0.15, 0.2) is 66.7 Å². The van der Waals surface area contributed by atoms with Gasteiger partial charge in [0.1, 0.15) is 5.75 Å². The van der Waals surface area contributed by atoms with E-state index in [-0.39, 0.29) is 0 Å². The van der Waals surface area contributed by atoms with E-state index in [1.807, 2.05) is 24.3 Å². The molecule has 0 aromatic heterocycles. The molecule has 0 saturated heterocycles. The standard InChI is InChI=1S/C26H24O3/c1-29-24-7-2-4-19(17-24)16-23-15-14-21-6-3-5-20(25(21)23)11-8-18-9-12-22(13-10-18)26(27)28/h2-7,9-10,12-13,16-17H,8,11,14-15H2,1H3,(H,27,28)/b23-16+. The van der Waals surface area contributed by atoms with Gasteiger partial charge in [0.05, 0.1) is 12.7 Å². The number of aryl methyl sites for hydroxylation is 3. The van der Waals surface area contributed by atoms with E-state index in [1.54, 1.807) is 19.2 Å². The fraction of sp³-hybridized carbons (Fsp3) is 0.192. The minimum absolute atomic E-state index is 0.331. The third-order valence-corrected chi connectivity index (χ3v) is 5.54. The second-order valence-corrected chi connectivity index (χ2v) is 7.40. The van der Waals surface area contributed by atoms with Crippen molar-refractivity contribution >= 4 is 17.6 Å². The minimum atomic E-state index is -0.884. The predicted molar refractivity (Wildman–Crippen MR) is 116 cm³/mol. The second-order valence-electron chi connectivity index (χ2n) is 7.40. The van der Waals surface area contributed by atoms with Crippen LogP contribution in [-0.4, -0.2) is 18.2 Å². The Kier molecular flexibility index (Phi) is 5.48. The number of hydrogen-bond donors (Lipinski definition) is 1. The molecule has 0 saturated carbocycles. The highest BCUT2D eigenvalue weighted by Gasteiger charge is 2.19. The van der Waals surface area contributed by atoms with E-state index in [0.717, 1.165) is 42.6 Å². The molecule has 0 heterocycles. The lowest BCUT2D eigenvalue weighted by molar-refractivity contribution is 0.0697. The summed E-state index contributed by atoms with van der Waals surface area (Å²) in [4.78, 5) is 11.0. The normalized spacial score (nSPS) is 14.0. The van der Waals surface area contributed by atoms with Crippen LogP contribution >= 0.6 is 0 Å². The van der Waals surface area contributed by atoms with Crippen molar-refractivity contribution in [1.29, 1.82) is 0 Å². The molecule has 1 N–H and O–H groups in total. The Hall–Kier alpha value is -3.33. The molecule has 0 bridgehead atoms. The van der Waals surface area contributed by atoms with Crippen molar-refractivity contribution in [2.75, 3.05) is 7.11 Å². The highest BCUT2D eigenvalue weighted by Crippen LogP contribution is 2.37. The van der Waals surface area contributed by atoms with Gasteiger partial charge in [-0.2, -0.15) is 0 Å². The molecule has 0 atom stereocenters. The zero-order valence-electron chi connectivity index (χ0n) is 16.5. The summed E-state index contributed by atoms with van der Waals surface area (Å²) in [5.74, 6) is -0.0135. The summed E-state index contributed by atoms with van der Waals surface area (Å²) in [6.07, 6.45) is 6.23. The molecule has 3 nitrogen and oxygen atoms in total. The lowest BCUT2D eigenvalue weighted by Gasteiger charge is -2.11. The van der Waals surface area contributed by atoms with Gasteiger partial charge in [0.25, 0.3) is 0 Å². The summed E-state index contributed by atoms with van der Waals surface area (Å²) in [6.45, 7) is 0. The van der Waals surface area contributed by atoms with Crippen LogP contribution in [0.1, 0.15) is 44.6 Å². The second kappa shape index (κ2) is 8.36. The van der Waals surface area contributed by atoms with Crippen LogP contribution in [0.4, 0.5) is 0 Å². The Morgan fingerprint density at radius 2 is 1.79 bits per heavy atom. The lowest BCUT2D eigenvalue weighted by atomic mass is 9.94. The van der Waals surface area contributed by atoms with E-state index < -0.39 is 5.97 Å². The Morgan fingerprint density at radius 3 is 2.55 bits per heavy atom. The van der Waals surface area contributed by atoms with Crippen molar-refractivity contribution in [1.82, 2.24) is 0 Å². The zero-order valence-corrected chi connectivity index (χ0v) is 16.5. The first kappa shape index (κ1) is 19.0. The number of allylic oxidation sites excluding steroid dienone is 1. The summed E-state index contributed by atoms with van der Waals surface area (Å²) in [5, 5.41) is 9.06. The van der Waals surface area contributed by atoms with E-state index in [0.29, 0.717) is 5.56 Å². The third-order valence-electron chi connectivity index (χ3n) is 5.54. The van der Waals surface area contributed by atoms with Gasteiger partial charge < -0.3 is 9.84 Å². The van der Waals surface area contributed by atoms with E-state index in [1.165, 1.54) is 22.3 Å². The first-order chi connectivity index (χ1) is 14.1. The number of carboxylic acids is 1. The molecule has 1 aliphatic carbocycles. The van der Waals surface area contributed by atoms with Gasteiger partial charge in [-0.1, -0.05) is 48.5 Å². The first-order valence-corrected chi connectivity index (χ1v) is 9.92. The van der Waals surface area contributed by atoms with Crippen LogP contribution < -0.4 is 4.74 Å². The van der Waals surface area contributed by atoms with Crippen molar-refractivity contribution in [3.8, 4) is 5.75 Å². The molecular weight excluding hydrogens is 360 g/mol. The van der Waals surface area contributed by atoms with Crippen molar-refractivity contribution in [3.63, 3.8) is 0 Å². The van der Waals surface area contributed by atoms with Crippen LogP contribution in [-0.2, 0) is 19.3 Å². The molecule has 29 heavy (non-hydrogen) atoms. The fourth-order valence-corrected chi connectivity index (χ4v) is 4.05. The van der Waals surface area contributed by atoms with Gasteiger partial charge in [-0.25, -0.2) is 4.79 Å². The molecule has 0 spiro atoms. The molecule has 1 aliphatic rings. The highest BCUT2D eigenvalue weighted by atomic mass is 16.5. The average molecular weight is 384 g/mol. The first-order valence-electron chi connectivity index (χ1n) is 9.92. The van der Waals surface area contributed by atoms with Crippen LogP contribution in [0, 0.1) is 0 Å². The Labute approximate surface area is 171 Å². The van der Waals surface area contributed by atoms with E-state index in [4.69, 9.17) is 9.84 Å². The summed E-state index contributed by atoms with van der Waals surface area (Å²) in [6, 6.07) is 22.0. The van der Waals surface area contributed by atoms with Crippen molar-refractivity contribution in [2.24, 2.45) is 0 Å². The largest absolute Gasteiger partial charge is 0.497 e. The molecule has 3 aromatic carbocycles. The lowest BCUT2D eigenvalue weighted by Crippen LogP contribution is -1.99. The number of aromatic carboxylic acids is 1. The molecule has 4 rings (SSSR count). The number of carboxylic acid groups (broad SMARTS) is 1. The van der Waals surface area contributed by atoms with Gasteiger partial charge in [-0.3, -0.25) is 0 Å². The number of hydrogen-bond acceptors (Lipinski definition) is 2. The molecule has 146 valence electrons. The summed E-state index contributed by atoms with van der Waals surface area (Å²) in [7, 11) is 1.69. The van der Waals surface area contributed by atoms with Crippen molar-refractivity contribution in [2.45, 2.75) is 25.7 Å². The van der Waals surface area contributed by atoms with E-state index in [9.17, 15) is 4.79 Å². The topological polar surface area (TPSA) is 46.5 Å². The molecule has 0 fully saturated rings. The van der Waals surface area contributed by atoms with E-state index in [2.05, 4.69) is 36.4 Å². The van der Waals surface area contributed by atoms with Gasteiger partial charge in [0, 0.05) is 0 Å². The zero-order chi connectivity index (χ0) is 20.2. The maximum atomic E-state index is 11.0. The van der Waals surface area contributed by atoms with E-state index >= 15 is 0 Å². The van der Waals surface area contributed by atoms with Crippen LogP contribution in [0.3, 0.4) is 0 Å². The number of fused-ring (bicyclic) bond motifs is 1. The number of rotatable bonds is 6. The smallest absolute Gasteiger partial charge is 0.335 e. The minimum Gasteiger partial charge on any atom is -0.497 e. The molecule has 3 aromatic rings. The highest BCUT2D eigenvalue weighted by molar-refractivity contribution is 5.88. The Morgan fingerprint density at radius 1 is 1.00 bits per heavy atom. The molecular formula is C26H24O3. The monoisotopic (exact) mass is 384 g/mol. The van der Waals surface area contributed by atoms with Gasteiger partial charge in [0.15, 0.2) is 0 Å². The summed E-state index contributed by atoms with van der Waals surface area (Å²) >= 11 is 0. The molecule has 0 aliphatic heterocycles. The van der Waals surface area contributed by atoms with Crippen molar-refractivity contribution in [3.05, 3.63) is 100 Å². The van der Waals surface area contributed by atoms with Crippen LogP contribution in [0.5, 0.6) is 5.75 Å². The number of benzene rings is 3. The maximum Gasteiger partial charge on any atom is 0.335 e. The van der Waals surface area contributed by atoms with Crippen LogP contribution in [0.25, 0.3) is 11.6 Å². The number of methoxy groups -OCH3 is 1. The Balaban J connectivity index is 1.58. The average Bonchev–Trinajstić information content (AvgIpc) is 3.16. The molecule has 0 unspecified atom stereocenters. The predicted octanol–water partition coefficient (Wildman–Crippen LogP) is 5.67. The number of carbonyl (C=O) groups is 1. The quantitative estimate of drug-likeness (QED) is 0.596. The maximum absolute atomic E-state index is 11.0. The van der Waals surface area contributed by atoms with Gasteiger partial charge >= 0.3 is 5.97 Å². The fourth-order valence-electron chi connectivity index (χ4n) is 4.05. The summed E-state index contributed by atoms with van der Waals surface area (Å²) in [5.41, 5.74) is 8.19. The Bertz CT molecular complexity index is 1060.